The second-order valence-corrected chi connectivity index (χ2v) is 6.70. The molecule has 1 rings (SSSR count). The Morgan fingerprint density at radius 3 is 2.67 bits per heavy atom. The van der Waals surface area contributed by atoms with Crippen LogP contribution in [0.3, 0.4) is 0 Å². The van der Waals surface area contributed by atoms with Crippen LogP contribution in [0.5, 0.6) is 0 Å². The van der Waals surface area contributed by atoms with Crippen LogP contribution in [-0.4, -0.2) is 36.6 Å². The summed E-state index contributed by atoms with van der Waals surface area (Å²) in [6.07, 6.45) is 4.23. The molecule has 1 aromatic rings. The van der Waals surface area contributed by atoms with Gasteiger partial charge in [-0.15, -0.1) is 0 Å². The quantitative estimate of drug-likeness (QED) is 0.673. The minimum absolute atomic E-state index is 0.211. The molecule has 0 radical (unpaired) electrons. The number of aromatic nitrogens is 2. The monoisotopic (exact) mass is 295 g/mol. The highest BCUT2D eigenvalue weighted by molar-refractivity contribution is 5.04. The molecule has 1 N–H and O–H groups in total. The smallest absolute Gasteiger partial charge is 0.0630 e. The van der Waals surface area contributed by atoms with Crippen molar-refractivity contribution in [2.75, 3.05) is 26.8 Å². The Balaban J connectivity index is 2.66. The first-order valence-corrected chi connectivity index (χ1v) is 8.16. The standard InChI is InChI=1S/C17H33N3O/c1-7-15(4)20-10-8-16(19-20)12-17(5,14(2)3)13-18-9-11-21-6/h8,10,14-15,18H,7,9,11-13H2,1-6H3. The summed E-state index contributed by atoms with van der Waals surface area (Å²) in [5.74, 6) is 0.598. The molecule has 0 aliphatic rings. The van der Waals surface area contributed by atoms with Gasteiger partial charge < -0.3 is 10.1 Å². The van der Waals surface area contributed by atoms with Crippen molar-refractivity contribution in [2.24, 2.45) is 11.3 Å². The van der Waals surface area contributed by atoms with Crippen LogP contribution in [0.4, 0.5) is 0 Å². The minimum atomic E-state index is 0.211. The van der Waals surface area contributed by atoms with Crippen LogP contribution in [0.15, 0.2) is 12.3 Å². The van der Waals surface area contributed by atoms with E-state index in [4.69, 9.17) is 9.84 Å². The first-order chi connectivity index (χ1) is 9.92. The maximum absolute atomic E-state index is 5.10. The van der Waals surface area contributed by atoms with Crippen LogP contribution < -0.4 is 5.32 Å². The molecule has 0 aromatic carbocycles. The van der Waals surface area contributed by atoms with Crippen molar-refractivity contribution in [3.05, 3.63) is 18.0 Å². The Hall–Kier alpha value is -0.870. The van der Waals surface area contributed by atoms with Crippen molar-refractivity contribution >= 4 is 0 Å². The van der Waals surface area contributed by atoms with Crippen molar-refractivity contribution in [3.63, 3.8) is 0 Å². The molecule has 0 amide bonds. The van der Waals surface area contributed by atoms with Gasteiger partial charge in [-0.25, -0.2) is 0 Å². The zero-order valence-electron chi connectivity index (χ0n) is 14.6. The van der Waals surface area contributed by atoms with Gasteiger partial charge in [0.15, 0.2) is 0 Å². The minimum Gasteiger partial charge on any atom is -0.383 e. The van der Waals surface area contributed by atoms with E-state index in [2.05, 4.69) is 56.9 Å². The number of nitrogens with zero attached hydrogens (tertiary/aromatic N) is 2. The predicted octanol–water partition coefficient (Wildman–Crippen LogP) is 3.29. The molecule has 1 heterocycles. The van der Waals surface area contributed by atoms with E-state index >= 15 is 0 Å². The lowest BCUT2D eigenvalue weighted by Gasteiger charge is -2.33. The van der Waals surface area contributed by atoms with E-state index in [9.17, 15) is 0 Å². The Bertz CT molecular complexity index is 402. The van der Waals surface area contributed by atoms with E-state index < -0.39 is 0 Å². The average Bonchev–Trinajstić information content (AvgIpc) is 2.91. The topological polar surface area (TPSA) is 39.1 Å². The summed E-state index contributed by atoms with van der Waals surface area (Å²) in [4.78, 5) is 0. The fourth-order valence-corrected chi connectivity index (χ4v) is 2.34. The number of methoxy groups -OCH3 is 1. The maximum Gasteiger partial charge on any atom is 0.0630 e. The number of rotatable bonds is 10. The first kappa shape index (κ1) is 18.2. The van der Waals surface area contributed by atoms with Gasteiger partial charge in [0.1, 0.15) is 0 Å². The van der Waals surface area contributed by atoms with Gasteiger partial charge in [-0.05, 0) is 37.2 Å². The Morgan fingerprint density at radius 1 is 1.38 bits per heavy atom. The normalized spacial score (nSPS) is 16.1. The van der Waals surface area contributed by atoms with E-state index in [1.807, 2.05) is 0 Å². The van der Waals surface area contributed by atoms with Gasteiger partial charge >= 0.3 is 0 Å². The fourth-order valence-electron chi connectivity index (χ4n) is 2.34. The van der Waals surface area contributed by atoms with Gasteiger partial charge in [0, 0.05) is 32.4 Å². The Morgan fingerprint density at radius 2 is 2.10 bits per heavy atom. The third-order valence-corrected chi connectivity index (χ3v) is 4.70. The van der Waals surface area contributed by atoms with Gasteiger partial charge in [-0.1, -0.05) is 27.7 Å². The van der Waals surface area contributed by atoms with Gasteiger partial charge in [-0.2, -0.15) is 5.10 Å². The molecular weight excluding hydrogens is 262 g/mol. The van der Waals surface area contributed by atoms with Crippen molar-refractivity contribution < 1.29 is 4.74 Å². The van der Waals surface area contributed by atoms with Gasteiger partial charge in [-0.3, -0.25) is 4.68 Å². The van der Waals surface area contributed by atoms with Crippen LogP contribution in [0.2, 0.25) is 0 Å². The molecule has 0 saturated carbocycles. The summed E-state index contributed by atoms with van der Waals surface area (Å²) >= 11 is 0. The highest BCUT2D eigenvalue weighted by Crippen LogP contribution is 2.30. The second kappa shape index (κ2) is 8.54. The molecule has 0 aliphatic carbocycles. The van der Waals surface area contributed by atoms with Crippen molar-refractivity contribution in [1.82, 2.24) is 15.1 Å². The molecule has 0 fully saturated rings. The highest BCUT2D eigenvalue weighted by Gasteiger charge is 2.29. The average molecular weight is 295 g/mol. The lowest BCUT2D eigenvalue weighted by molar-refractivity contribution is 0.174. The van der Waals surface area contributed by atoms with Gasteiger partial charge in [0.2, 0.25) is 0 Å². The van der Waals surface area contributed by atoms with E-state index in [0.717, 1.165) is 32.5 Å². The molecule has 21 heavy (non-hydrogen) atoms. The van der Waals surface area contributed by atoms with E-state index in [0.29, 0.717) is 12.0 Å². The number of hydrogen-bond acceptors (Lipinski definition) is 3. The third kappa shape index (κ3) is 5.44. The summed E-state index contributed by atoms with van der Waals surface area (Å²) in [5.41, 5.74) is 1.41. The molecule has 2 atom stereocenters. The Labute approximate surface area is 130 Å². The summed E-state index contributed by atoms with van der Waals surface area (Å²) < 4.78 is 7.19. The van der Waals surface area contributed by atoms with Crippen LogP contribution in [-0.2, 0) is 11.2 Å². The zero-order chi connectivity index (χ0) is 15.9. The molecule has 0 aliphatic heterocycles. The molecule has 1 aromatic heterocycles. The first-order valence-electron chi connectivity index (χ1n) is 8.16. The molecular formula is C17H33N3O. The van der Waals surface area contributed by atoms with Crippen LogP contribution in [0.1, 0.15) is 52.8 Å². The summed E-state index contributed by atoms with van der Waals surface area (Å²) in [6.45, 7) is 14.0. The van der Waals surface area contributed by atoms with E-state index in [-0.39, 0.29) is 5.41 Å². The Kier molecular flexibility index (Phi) is 7.40. The summed E-state index contributed by atoms with van der Waals surface area (Å²) in [6, 6.07) is 2.64. The summed E-state index contributed by atoms with van der Waals surface area (Å²) in [7, 11) is 1.74. The van der Waals surface area contributed by atoms with Crippen LogP contribution in [0.25, 0.3) is 0 Å². The second-order valence-electron chi connectivity index (χ2n) is 6.70. The molecule has 0 saturated heterocycles. The maximum atomic E-state index is 5.10. The van der Waals surface area contributed by atoms with E-state index in [1.165, 1.54) is 5.69 Å². The number of hydrogen-bond donors (Lipinski definition) is 1. The lowest BCUT2D eigenvalue weighted by Crippen LogP contribution is -2.39. The van der Waals surface area contributed by atoms with Crippen molar-refractivity contribution in [2.45, 2.75) is 53.5 Å². The summed E-state index contributed by atoms with van der Waals surface area (Å²) in [5, 5.41) is 8.27. The van der Waals surface area contributed by atoms with Crippen molar-refractivity contribution in [3.8, 4) is 0 Å². The third-order valence-electron chi connectivity index (χ3n) is 4.70. The number of ether oxygens (including phenoxy) is 1. The van der Waals surface area contributed by atoms with Gasteiger partial charge in [0.05, 0.1) is 12.3 Å². The van der Waals surface area contributed by atoms with Crippen LogP contribution in [0, 0.1) is 11.3 Å². The molecule has 122 valence electrons. The molecule has 0 spiro atoms. The molecule has 4 nitrogen and oxygen atoms in total. The van der Waals surface area contributed by atoms with Gasteiger partial charge in [0.25, 0.3) is 0 Å². The molecule has 4 heteroatoms. The van der Waals surface area contributed by atoms with Crippen molar-refractivity contribution in [1.29, 1.82) is 0 Å². The van der Waals surface area contributed by atoms with E-state index in [1.54, 1.807) is 7.11 Å². The number of nitrogens with one attached hydrogen (secondary N) is 1. The van der Waals surface area contributed by atoms with Crippen LogP contribution >= 0.6 is 0 Å². The predicted molar refractivity (Wildman–Crippen MR) is 88.6 cm³/mol. The highest BCUT2D eigenvalue weighted by atomic mass is 16.5. The largest absolute Gasteiger partial charge is 0.383 e. The molecule has 0 bridgehead atoms. The molecule has 2 unspecified atom stereocenters. The fraction of sp³-hybridized carbons (Fsp3) is 0.824. The lowest BCUT2D eigenvalue weighted by atomic mass is 9.75. The SMILES string of the molecule is CCC(C)n1ccc(CC(C)(CNCCOC)C(C)C)n1. The zero-order valence-corrected chi connectivity index (χ0v) is 14.6.